The number of thiazole rings is 1. The number of rotatable bonds is 4. The van der Waals surface area contributed by atoms with Crippen LogP contribution in [0.15, 0.2) is 36.0 Å². The molecule has 17 heteroatoms. The first-order valence-corrected chi connectivity index (χ1v) is 12.0. The Morgan fingerprint density at radius 1 is 0.974 bits per heavy atom. The van der Waals surface area contributed by atoms with Gasteiger partial charge in [-0.1, -0.05) is 6.07 Å². The number of carboxylic acid groups (broad SMARTS) is 2. The highest BCUT2D eigenvalue weighted by molar-refractivity contribution is 7.09. The molecule has 216 valence electrons. The van der Waals surface area contributed by atoms with Crippen LogP contribution in [0, 0.1) is 0 Å². The number of likely N-dealkylation sites (tertiary alicyclic amines) is 1. The number of halogens is 6. The first kappa shape index (κ1) is 31.9. The third kappa shape index (κ3) is 10.8. The molecular formula is C22H24F6N4O6S. The number of morpholine rings is 1. The van der Waals surface area contributed by atoms with Crippen LogP contribution in [0.3, 0.4) is 0 Å². The normalized spacial score (nSPS) is 17.5. The van der Waals surface area contributed by atoms with E-state index in [2.05, 4.69) is 14.9 Å². The van der Waals surface area contributed by atoms with Crippen molar-refractivity contribution in [3.05, 3.63) is 46.7 Å². The topological polar surface area (TPSA) is 133 Å². The fourth-order valence-electron chi connectivity index (χ4n) is 3.56. The molecule has 10 nitrogen and oxygen atoms in total. The van der Waals surface area contributed by atoms with E-state index in [-0.39, 0.29) is 18.1 Å². The molecule has 39 heavy (non-hydrogen) atoms. The van der Waals surface area contributed by atoms with E-state index in [1.807, 2.05) is 34.7 Å². The van der Waals surface area contributed by atoms with E-state index in [0.717, 1.165) is 43.2 Å². The van der Waals surface area contributed by atoms with Crippen LogP contribution in [0.2, 0.25) is 0 Å². The average Bonchev–Trinajstić information content (AvgIpc) is 3.37. The second kappa shape index (κ2) is 13.7. The Balaban J connectivity index is 0.000000317. The van der Waals surface area contributed by atoms with Crippen molar-refractivity contribution in [3.63, 3.8) is 0 Å². The first-order chi connectivity index (χ1) is 18.1. The Hall–Kier alpha value is -3.31. The molecular weight excluding hydrogens is 562 g/mol. The van der Waals surface area contributed by atoms with Crippen molar-refractivity contribution in [3.8, 4) is 0 Å². The molecule has 0 radical (unpaired) electrons. The Labute approximate surface area is 221 Å². The molecule has 2 aromatic rings. The maximum absolute atomic E-state index is 12.3. The van der Waals surface area contributed by atoms with Gasteiger partial charge >= 0.3 is 24.3 Å². The Bertz CT molecular complexity index is 1050. The average molecular weight is 587 g/mol. The lowest BCUT2D eigenvalue weighted by molar-refractivity contribution is -0.193. The number of alkyl halides is 6. The number of carbonyl (C=O) groups excluding carboxylic acids is 1. The number of aliphatic carboxylic acids is 2. The molecule has 4 rings (SSSR count). The van der Waals surface area contributed by atoms with Gasteiger partial charge in [-0.05, 0) is 25.0 Å². The number of ether oxygens (including phenoxy) is 1. The third-order valence-corrected chi connectivity index (χ3v) is 6.27. The predicted molar refractivity (Wildman–Crippen MR) is 122 cm³/mol. The summed E-state index contributed by atoms with van der Waals surface area (Å²) < 4.78 is 69.5. The van der Waals surface area contributed by atoms with Crippen molar-refractivity contribution in [2.75, 3.05) is 26.2 Å². The summed E-state index contributed by atoms with van der Waals surface area (Å²) in [6.45, 7) is 4.27. The summed E-state index contributed by atoms with van der Waals surface area (Å²) in [5, 5.41) is 17.4. The molecule has 1 amide bonds. The molecule has 2 aromatic heterocycles. The number of piperidine rings is 1. The van der Waals surface area contributed by atoms with E-state index in [4.69, 9.17) is 24.5 Å². The zero-order chi connectivity index (χ0) is 29.3. The highest BCUT2D eigenvalue weighted by Crippen LogP contribution is 2.31. The molecule has 2 aliphatic heterocycles. The fraction of sp³-hybridized carbons (Fsp3) is 0.500. The molecule has 0 saturated carbocycles. The van der Waals surface area contributed by atoms with E-state index >= 15 is 0 Å². The summed E-state index contributed by atoms with van der Waals surface area (Å²) in [5.41, 5.74) is 0.719. The molecule has 2 aliphatic rings. The van der Waals surface area contributed by atoms with Gasteiger partial charge in [-0.2, -0.15) is 26.3 Å². The number of carbonyl (C=O) groups is 3. The minimum absolute atomic E-state index is 0.0569. The van der Waals surface area contributed by atoms with Crippen molar-refractivity contribution in [2.24, 2.45) is 0 Å². The van der Waals surface area contributed by atoms with Crippen LogP contribution < -0.4 is 0 Å². The lowest BCUT2D eigenvalue weighted by atomic mass is 9.89. The summed E-state index contributed by atoms with van der Waals surface area (Å²) in [5.74, 6) is -5.46. The SMILES string of the molecule is O=C(O)C(F)(F)F.O=C(O)C(F)(F)F.O=C1COC2(CCN(Cc3nccs3)CC2)CN1Cc1ccccn1. The monoisotopic (exact) mass is 586 g/mol. The zero-order valence-electron chi connectivity index (χ0n) is 20.1. The van der Waals surface area contributed by atoms with Crippen LogP contribution in [0.25, 0.3) is 0 Å². The van der Waals surface area contributed by atoms with E-state index in [1.165, 1.54) is 0 Å². The summed E-state index contributed by atoms with van der Waals surface area (Å²) in [7, 11) is 0. The smallest absolute Gasteiger partial charge is 0.475 e. The van der Waals surface area contributed by atoms with Gasteiger partial charge in [0.15, 0.2) is 0 Å². The van der Waals surface area contributed by atoms with E-state index in [1.54, 1.807) is 17.5 Å². The molecule has 2 fully saturated rings. The second-order valence-electron chi connectivity index (χ2n) is 8.35. The molecule has 2 N–H and O–H groups in total. The lowest BCUT2D eigenvalue weighted by Gasteiger charge is -2.46. The molecule has 0 aromatic carbocycles. The largest absolute Gasteiger partial charge is 0.490 e. The van der Waals surface area contributed by atoms with Crippen LogP contribution in [-0.4, -0.2) is 92.0 Å². The Morgan fingerprint density at radius 3 is 2.03 bits per heavy atom. The molecule has 0 unspecified atom stereocenters. The zero-order valence-corrected chi connectivity index (χ0v) is 20.9. The van der Waals surface area contributed by atoms with Crippen molar-refractivity contribution in [1.29, 1.82) is 0 Å². The van der Waals surface area contributed by atoms with Crippen molar-refractivity contribution in [2.45, 2.75) is 43.9 Å². The summed E-state index contributed by atoms with van der Waals surface area (Å²) in [6, 6.07) is 5.82. The third-order valence-electron chi connectivity index (χ3n) is 5.51. The summed E-state index contributed by atoms with van der Waals surface area (Å²) >= 11 is 1.70. The molecule has 0 bridgehead atoms. The molecule has 0 atom stereocenters. The number of nitrogens with zero attached hydrogens (tertiary/aromatic N) is 4. The number of pyridine rings is 1. The Kier molecular flexibility index (Phi) is 11.2. The predicted octanol–water partition coefficient (Wildman–Crippen LogP) is 3.20. The van der Waals surface area contributed by atoms with Crippen LogP contribution in [0.5, 0.6) is 0 Å². The highest BCUT2D eigenvalue weighted by Gasteiger charge is 2.42. The summed E-state index contributed by atoms with van der Waals surface area (Å²) in [4.78, 5) is 43.1. The molecule has 0 aliphatic carbocycles. The number of aromatic nitrogens is 2. The van der Waals surface area contributed by atoms with Gasteiger partial charge in [-0.25, -0.2) is 14.6 Å². The van der Waals surface area contributed by atoms with Crippen LogP contribution >= 0.6 is 11.3 Å². The van der Waals surface area contributed by atoms with Gasteiger partial charge in [0.1, 0.15) is 11.6 Å². The maximum Gasteiger partial charge on any atom is 0.490 e. The van der Waals surface area contributed by atoms with Crippen LogP contribution in [-0.2, 0) is 32.2 Å². The summed E-state index contributed by atoms with van der Waals surface area (Å²) in [6.07, 6.45) is -4.64. The fourth-order valence-corrected chi connectivity index (χ4v) is 4.22. The van der Waals surface area contributed by atoms with Gasteiger partial charge in [0.25, 0.3) is 0 Å². The number of amides is 1. The van der Waals surface area contributed by atoms with Gasteiger partial charge in [-0.15, -0.1) is 11.3 Å². The molecule has 2 saturated heterocycles. The van der Waals surface area contributed by atoms with Gasteiger partial charge in [0.2, 0.25) is 5.91 Å². The second-order valence-corrected chi connectivity index (χ2v) is 9.33. The molecule has 1 spiro atoms. The number of carboxylic acids is 2. The number of hydrogen-bond donors (Lipinski definition) is 2. The van der Waals surface area contributed by atoms with Crippen molar-refractivity contribution < 1.29 is 55.7 Å². The Morgan fingerprint density at radius 2 is 1.56 bits per heavy atom. The van der Waals surface area contributed by atoms with E-state index in [0.29, 0.717) is 13.1 Å². The van der Waals surface area contributed by atoms with E-state index < -0.39 is 24.3 Å². The standard InChI is InChI=1S/C18H22N4O2S.2C2HF3O2/c23-17-13-24-18(14-22(17)11-15-3-1-2-6-19-15)4-8-21(9-5-18)12-16-20-7-10-25-16;2*3-2(4,5)1(6)7/h1-3,6-7,10H,4-5,8-9,11-14H2;2*(H,6,7). The quantitative estimate of drug-likeness (QED) is 0.519. The molecule has 4 heterocycles. The van der Waals surface area contributed by atoms with Crippen LogP contribution in [0.1, 0.15) is 23.5 Å². The minimum Gasteiger partial charge on any atom is -0.475 e. The highest BCUT2D eigenvalue weighted by atomic mass is 32.1. The van der Waals surface area contributed by atoms with Gasteiger partial charge in [0.05, 0.1) is 30.9 Å². The number of hydrogen-bond acceptors (Lipinski definition) is 8. The van der Waals surface area contributed by atoms with Crippen LogP contribution in [0.4, 0.5) is 26.3 Å². The maximum atomic E-state index is 12.3. The van der Waals surface area contributed by atoms with Gasteiger partial charge in [-0.3, -0.25) is 14.7 Å². The minimum atomic E-state index is -5.08. The first-order valence-electron chi connectivity index (χ1n) is 11.1. The van der Waals surface area contributed by atoms with E-state index in [9.17, 15) is 31.1 Å². The lowest BCUT2D eigenvalue weighted by Crippen LogP contribution is -2.58. The van der Waals surface area contributed by atoms with Gasteiger partial charge in [0, 0.05) is 30.9 Å². The van der Waals surface area contributed by atoms with Gasteiger partial charge < -0.3 is 19.8 Å². The van der Waals surface area contributed by atoms with Crippen molar-refractivity contribution >= 4 is 29.2 Å². The van der Waals surface area contributed by atoms with Crippen molar-refractivity contribution in [1.82, 2.24) is 19.8 Å².